The van der Waals surface area contributed by atoms with Crippen LogP contribution < -0.4 is 10.1 Å². The maximum Gasteiger partial charge on any atom is 0.326 e. The summed E-state index contributed by atoms with van der Waals surface area (Å²) in [4.78, 5) is 22.8. The SMILES string of the molecule is CCOc1ccc(CCCC(=O)NC(C(=O)O)C(C)C)cc1. The predicted octanol–water partition coefficient (Wildman–Crippen LogP) is 2.63. The number of carboxylic acids is 1. The number of rotatable bonds is 9. The van der Waals surface area contributed by atoms with Gasteiger partial charge in [-0.25, -0.2) is 4.79 Å². The van der Waals surface area contributed by atoms with Gasteiger partial charge in [-0.2, -0.15) is 0 Å². The molecule has 0 spiro atoms. The van der Waals surface area contributed by atoms with Crippen molar-refractivity contribution in [3.63, 3.8) is 0 Å². The number of aliphatic carboxylic acids is 1. The Bertz CT molecular complexity index is 482. The van der Waals surface area contributed by atoms with Gasteiger partial charge in [0.1, 0.15) is 11.8 Å². The Balaban J connectivity index is 2.36. The van der Waals surface area contributed by atoms with Crippen molar-refractivity contribution in [2.75, 3.05) is 6.61 Å². The number of carbonyl (C=O) groups excluding carboxylic acids is 1. The molecule has 1 atom stereocenters. The first kappa shape index (κ1) is 18.0. The van der Waals surface area contributed by atoms with E-state index in [4.69, 9.17) is 9.84 Å². The quantitative estimate of drug-likeness (QED) is 0.735. The molecule has 1 amide bonds. The van der Waals surface area contributed by atoms with E-state index < -0.39 is 12.0 Å². The lowest BCUT2D eigenvalue weighted by molar-refractivity contribution is -0.143. The molecular weight excluding hydrogens is 282 g/mol. The van der Waals surface area contributed by atoms with Gasteiger partial charge in [0, 0.05) is 6.42 Å². The van der Waals surface area contributed by atoms with Gasteiger partial charge in [-0.15, -0.1) is 0 Å². The molecule has 0 saturated heterocycles. The molecule has 0 aliphatic carbocycles. The van der Waals surface area contributed by atoms with Gasteiger partial charge < -0.3 is 15.2 Å². The predicted molar refractivity (Wildman–Crippen MR) is 85.0 cm³/mol. The molecule has 22 heavy (non-hydrogen) atoms. The van der Waals surface area contributed by atoms with Gasteiger partial charge in [0.2, 0.25) is 5.91 Å². The molecule has 0 aromatic heterocycles. The summed E-state index contributed by atoms with van der Waals surface area (Å²) in [5.41, 5.74) is 1.13. The first-order valence-electron chi connectivity index (χ1n) is 7.68. The number of benzene rings is 1. The van der Waals surface area contributed by atoms with Crippen molar-refractivity contribution >= 4 is 11.9 Å². The van der Waals surface area contributed by atoms with Crippen LogP contribution in [-0.4, -0.2) is 29.6 Å². The van der Waals surface area contributed by atoms with Crippen LogP contribution in [0, 0.1) is 5.92 Å². The minimum atomic E-state index is -0.991. The van der Waals surface area contributed by atoms with Crippen molar-refractivity contribution in [1.82, 2.24) is 5.32 Å². The van der Waals surface area contributed by atoms with Crippen molar-refractivity contribution in [2.24, 2.45) is 5.92 Å². The highest BCUT2D eigenvalue weighted by Gasteiger charge is 2.22. The minimum absolute atomic E-state index is 0.132. The number of amides is 1. The minimum Gasteiger partial charge on any atom is -0.494 e. The average molecular weight is 307 g/mol. The van der Waals surface area contributed by atoms with E-state index in [1.54, 1.807) is 13.8 Å². The molecule has 0 aliphatic rings. The molecule has 0 bridgehead atoms. The van der Waals surface area contributed by atoms with Gasteiger partial charge in [-0.3, -0.25) is 4.79 Å². The number of ether oxygens (including phenoxy) is 1. The Morgan fingerprint density at radius 2 is 1.86 bits per heavy atom. The summed E-state index contributed by atoms with van der Waals surface area (Å²) in [5.74, 6) is -0.500. The molecule has 2 N–H and O–H groups in total. The number of hydrogen-bond acceptors (Lipinski definition) is 3. The van der Waals surface area contributed by atoms with E-state index in [1.807, 2.05) is 31.2 Å². The Morgan fingerprint density at radius 1 is 1.23 bits per heavy atom. The fourth-order valence-corrected chi connectivity index (χ4v) is 2.13. The van der Waals surface area contributed by atoms with Crippen molar-refractivity contribution in [2.45, 2.75) is 46.1 Å². The van der Waals surface area contributed by atoms with Gasteiger partial charge in [0.15, 0.2) is 0 Å². The number of nitrogens with one attached hydrogen (secondary N) is 1. The van der Waals surface area contributed by atoms with Crippen LogP contribution in [-0.2, 0) is 16.0 Å². The third-order valence-electron chi connectivity index (χ3n) is 3.35. The van der Waals surface area contributed by atoms with Crippen LogP contribution in [0.4, 0.5) is 0 Å². The van der Waals surface area contributed by atoms with Crippen molar-refractivity contribution in [3.8, 4) is 5.75 Å². The van der Waals surface area contributed by atoms with Crippen LogP contribution in [0.5, 0.6) is 5.75 Å². The van der Waals surface area contributed by atoms with Crippen LogP contribution in [0.15, 0.2) is 24.3 Å². The third kappa shape index (κ3) is 6.16. The second-order valence-electron chi connectivity index (χ2n) is 5.56. The van der Waals surface area contributed by atoms with E-state index in [1.165, 1.54) is 0 Å². The zero-order valence-corrected chi connectivity index (χ0v) is 13.5. The number of carboxylic acid groups (broad SMARTS) is 1. The molecule has 1 aromatic carbocycles. The zero-order valence-electron chi connectivity index (χ0n) is 13.5. The maximum absolute atomic E-state index is 11.8. The molecule has 0 saturated carbocycles. The highest BCUT2D eigenvalue weighted by atomic mass is 16.5. The van der Waals surface area contributed by atoms with Gasteiger partial charge in [0.05, 0.1) is 6.61 Å². The summed E-state index contributed by atoms with van der Waals surface area (Å²) in [6, 6.07) is 6.97. The van der Waals surface area contributed by atoms with Crippen LogP contribution >= 0.6 is 0 Å². The topological polar surface area (TPSA) is 75.6 Å². The van der Waals surface area contributed by atoms with Crippen LogP contribution in [0.2, 0.25) is 0 Å². The molecule has 5 nitrogen and oxygen atoms in total. The molecule has 122 valence electrons. The van der Waals surface area contributed by atoms with E-state index in [0.717, 1.165) is 17.7 Å². The summed E-state index contributed by atoms with van der Waals surface area (Å²) in [6.07, 6.45) is 1.78. The van der Waals surface area contributed by atoms with Gasteiger partial charge in [0.25, 0.3) is 0 Å². The number of aryl methyl sites for hydroxylation is 1. The summed E-state index contributed by atoms with van der Waals surface area (Å²) < 4.78 is 5.37. The Hall–Kier alpha value is -2.04. The summed E-state index contributed by atoms with van der Waals surface area (Å²) in [7, 11) is 0. The molecule has 5 heteroatoms. The summed E-state index contributed by atoms with van der Waals surface area (Å²) >= 11 is 0. The lowest BCUT2D eigenvalue weighted by Gasteiger charge is -2.17. The molecular formula is C17H25NO4. The molecule has 1 unspecified atom stereocenters. The zero-order chi connectivity index (χ0) is 16.5. The first-order valence-corrected chi connectivity index (χ1v) is 7.68. The van der Waals surface area contributed by atoms with E-state index in [-0.39, 0.29) is 11.8 Å². The number of hydrogen-bond donors (Lipinski definition) is 2. The third-order valence-corrected chi connectivity index (χ3v) is 3.35. The van der Waals surface area contributed by atoms with Crippen LogP contribution in [0.3, 0.4) is 0 Å². The van der Waals surface area contributed by atoms with Gasteiger partial charge >= 0.3 is 5.97 Å². The molecule has 1 rings (SSSR count). The molecule has 1 aromatic rings. The highest BCUT2D eigenvalue weighted by molar-refractivity contribution is 5.83. The van der Waals surface area contributed by atoms with E-state index in [0.29, 0.717) is 19.4 Å². The Labute approximate surface area is 131 Å². The van der Waals surface area contributed by atoms with Crippen LogP contribution in [0.25, 0.3) is 0 Å². The summed E-state index contributed by atoms with van der Waals surface area (Å²) in [6.45, 7) is 6.13. The smallest absolute Gasteiger partial charge is 0.326 e. The monoisotopic (exact) mass is 307 g/mol. The highest BCUT2D eigenvalue weighted by Crippen LogP contribution is 2.14. The first-order chi connectivity index (χ1) is 10.4. The van der Waals surface area contributed by atoms with E-state index in [2.05, 4.69) is 5.32 Å². The standard InChI is InChI=1S/C17H25NO4/c1-4-22-14-10-8-13(9-11-14)6-5-7-15(19)18-16(12(2)3)17(20)21/h8-12,16H,4-7H2,1-3H3,(H,18,19)(H,20,21). The molecule has 0 heterocycles. The lowest BCUT2D eigenvalue weighted by atomic mass is 10.0. The Morgan fingerprint density at radius 3 is 2.36 bits per heavy atom. The lowest BCUT2D eigenvalue weighted by Crippen LogP contribution is -2.44. The van der Waals surface area contributed by atoms with Crippen molar-refractivity contribution < 1.29 is 19.4 Å². The van der Waals surface area contributed by atoms with Crippen molar-refractivity contribution in [1.29, 1.82) is 0 Å². The molecule has 0 aliphatic heterocycles. The van der Waals surface area contributed by atoms with Crippen molar-refractivity contribution in [3.05, 3.63) is 29.8 Å². The normalized spacial score (nSPS) is 12.0. The summed E-state index contributed by atoms with van der Waals surface area (Å²) in [5, 5.41) is 11.6. The number of carbonyl (C=O) groups is 2. The maximum atomic E-state index is 11.8. The van der Waals surface area contributed by atoms with Gasteiger partial charge in [-0.1, -0.05) is 26.0 Å². The Kier molecular flexibility index (Phi) is 7.43. The van der Waals surface area contributed by atoms with E-state index >= 15 is 0 Å². The largest absolute Gasteiger partial charge is 0.494 e. The van der Waals surface area contributed by atoms with E-state index in [9.17, 15) is 9.59 Å². The second kappa shape index (κ2) is 9.07. The second-order valence-corrected chi connectivity index (χ2v) is 5.56. The van der Waals surface area contributed by atoms with Gasteiger partial charge in [-0.05, 0) is 43.4 Å². The fourth-order valence-electron chi connectivity index (χ4n) is 2.13. The molecule has 0 fully saturated rings. The fraction of sp³-hybridized carbons (Fsp3) is 0.529. The molecule has 0 radical (unpaired) electrons. The van der Waals surface area contributed by atoms with Crippen LogP contribution in [0.1, 0.15) is 39.2 Å². The average Bonchev–Trinajstić information content (AvgIpc) is 2.46.